The molecule has 0 fully saturated rings. The zero-order valence-corrected chi connectivity index (χ0v) is 8.57. The number of anilines is 2. The van der Waals surface area contributed by atoms with Gasteiger partial charge in [-0.25, -0.2) is 0 Å². The number of nitrogens with two attached hydrogens (primary N) is 1. The number of hydrogen-bond donors (Lipinski definition) is 1. The second kappa shape index (κ2) is 3.25. The van der Waals surface area contributed by atoms with Gasteiger partial charge in [0.2, 0.25) is 0 Å². The Balaban J connectivity index is 2.32. The molecule has 1 aromatic carbocycles. The molecule has 0 atom stereocenters. The van der Waals surface area contributed by atoms with E-state index in [-0.39, 0.29) is 0 Å². The molecular formula is C11H15N3. The Bertz CT molecular complexity index is 371. The molecule has 0 aromatic heterocycles. The fraction of sp³-hybridized carbons (Fsp3) is 0.273. The second-order valence-electron chi connectivity index (χ2n) is 3.73. The predicted molar refractivity (Wildman–Crippen MR) is 59.8 cm³/mol. The molecule has 0 spiro atoms. The number of aryl methyl sites for hydroxylation is 1. The van der Waals surface area contributed by atoms with Gasteiger partial charge in [-0.3, -0.25) is 0 Å². The van der Waals surface area contributed by atoms with Crippen molar-refractivity contribution < 1.29 is 0 Å². The summed E-state index contributed by atoms with van der Waals surface area (Å²) in [5, 5.41) is 0. The van der Waals surface area contributed by atoms with Crippen LogP contribution in [-0.4, -0.2) is 18.6 Å². The molecule has 74 valence electrons. The van der Waals surface area contributed by atoms with Crippen molar-refractivity contribution in [3.8, 4) is 0 Å². The van der Waals surface area contributed by atoms with Crippen molar-refractivity contribution in [1.29, 1.82) is 0 Å². The van der Waals surface area contributed by atoms with Crippen molar-refractivity contribution in [2.24, 2.45) is 0 Å². The van der Waals surface area contributed by atoms with Crippen LogP contribution in [0.4, 0.5) is 11.4 Å². The summed E-state index contributed by atoms with van der Waals surface area (Å²) in [4.78, 5) is 4.25. The topological polar surface area (TPSA) is 32.5 Å². The van der Waals surface area contributed by atoms with Crippen molar-refractivity contribution in [2.45, 2.75) is 6.92 Å². The molecule has 2 N–H and O–H groups in total. The Labute approximate surface area is 84.4 Å². The van der Waals surface area contributed by atoms with Gasteiger partial charge in [0.25, 0.3) is 0 Å². The number of hydrogen-bond acceptors (Lipinski definition) is 3. The van der Waals surface area contributed by atoms with E-state index in [4.69, 9.17) is 5.73 Å². The van der Waals surface area contributed by atoms with Crippen molar-refractivity contribution in [1.82, 2.24) is 4.90 Å². The van der Waals surface area contributed by atoms with E-state index < -0.39 is 0 Å². The molecule has 1 heterocycles. The minimum absolute atomic E-state index is 0.829. The summed E-state index contributed by atoms with van der Waals surface area (Å²) < 4.78 is 0. The molecule has 14 heavy (non-hydrogen) atoms. The van der Waals surface area contributed by atoms with Gasteiger partial charge < -0.3 is 15.5 Å². The molecule has 0 unspecified atom stereocenters. The molecule has 3 nitrogen and oxygen atoms in total. The molecule has 0 saturated heterocycles. The third-order valence-corrected chi connectivity index (χ3v) is 2.37. The zero-order valence-electron chi connectivity index (χ0n) is 8.57. The van der Waals surface area contributed by atoms with Gasteiger partial charge in [-0.05, 0) is 24.6 Å². The van der Waals surface area contributed by atoms with Crippen LogP contribution < -0.4 is 10.6 Å². The Hall–Kier alpha value is -1.64. The Morgan fingerprint density at radius 2 is 2.07 bits per heavy atom. The molecule has 3 heteroatoms. The minimum atomic E-state index is 0.829. The highest BCUT2D eigenvalue weighted by Crippen LogP contribution is 2.26. The highest BCUT2D eigenvalue weighted by atomic mass is 15.3. The highest BCUT2D eigenvalue weighted by molar-refractivity contribution is 5.70. The maximum Gasteiger partial charge on any atom is 0.0939 e. The van der Waals surface area contributed by atoms with Gasteiger partial charge in [0.05, 0.1) is 18.0 Å². The average molecular weight is 189 g/mol. The van der Waals surface area contributed by atoms with Gasteiger partial charge in [0.1, 0.15) is 0 Å². The van der Waals surface area contributed by atoms with E-state index in [1.165, 1.54) is 5.56 Å². The van der Waals surface area contributed by atoms with E-state index in [0.29, 0.717) is 0 Å². The van der Waals surface area contributed by atoms with Crippen LogP contribution >= 0.6 is 0 Å². The largest absolute Gasteiger partial charge is 0.397 e. The summed E-state index contributed by atoms with van der Waals surface area (Å²) in [7, 11) is 2.04. The van der Waals surface area contributed by atoms with Gasteiger partial charge in [-0.1, -0.05) is 6.07 Å². The number of benzene rings is 1. The van der Waals surface area contributed by atoms with Crippen molar-refractivity contribution in [3.05, 3.63) is 36.2 Å². The van der Waals surface area contributed by atoms with Gasteiger partial charge in [-0.15, -0.1) is 0 Å². The van der Waals surface area contributed by atoms with Crippen LogP contribution in [0.2, 0.25) is 0 Å². The molecule has 0 radical (unpaired) electrons. The van der Waals surface area contributed by atoms with E-state index in [9.17, 15) is 0 Å². The maximum absolute atomic E-state index is 5.92. The lowest BCUT2D eigenvalue weighted by molar-refractivity contribution is 0.496. The van der Waals surface area contributed by atoms with Crippen LogP contribution in [0.5, 0.6) is 0 Å². The van der Waals surface area contributed by atoms with Crippen LogP contribution in [-0.2, 0) is 0 Å². The number of nitrogen functional groups attached to an aromatic ring is 1. The monoisotopic (exact) mass is 189 g/mol. The summed E-state index contributed by atoms with van der Waals surface area (Å²) in [5.74, 6) is 0. The van der Waals surface area contributed by atoms with Gasteiger partial charge in [0.15, 0.2) is 0 Å². The standard InChI is InChI=1S/C11H15N3/c1-9-3-4-10(12)11(7-9)14-6-5-13(2)8-14/h3-7H,8,12H2,1-2H3. The normalized spacial score (nSPS) is 15.3. The number of rotatable bonds is 1. The molecule has 1 aromatic rings. The fourth-order valence-corrected chi connectivity index (χ4v) is 1.59. The molecule has 0 bridgehead atoms. The first-order chi connectivity index (χ1) is 6.66. The molecule has 0 amide bonds. The Morgan fingerprint density at radius 3 is 2.71 bits per heavy atom. The second-order valence-corrected chi connectivity index (χ2v) is 3.73. The third-order valence-electron chi connectivity index (χ3n) is 2.37. The first-order valence-electron chi connectivity index (χ1n) is 4.68. The molecule has 1 aliphatic rings. The van der Waals surface area contributed by atoms with Gasteiger partial charge in [0, 0.05) is 19.4 Å². The van der Waals surface area contributed by atoms with Crippen LogP contribution in [0.1, 0.15) is 5.56 Å². The lowest BCUT2D eigenvalue weighted by Gasteiger charge is -2.20. The lowest BCUT2D eigenvalue weighted by Crippen LogP contribution is -2.22. The lowest BCUT2D eigenvalue weighted by atomic mass is 10.2. The quantitative estimate of drug-likeness (QED) is 0.683. The Kier molecular flexibility index (Phi) is 2.08. The SMILES string of the molecule is Cc1ccc(N)c(N2C=CN(C)C2)c1. The van der Waals surface area contributed by atoms with Gasteiger partial charge in [-0.2, -0.15) is 0 Å². The van der Waals surface area contributed by atoms with E-state index in [1.807, 2.05) is 31.6 Å². The summed E-state index contributed by atoms with van der Waals surface area (Å²) in [6.07, 6.45) is 4.09. The summed E-state index contributed by atoms with van der Waals surface area (Å²) in [6, 6.07) is 6.10. The molecule has 1 aliphatic heterocycles. The van der Waals surface area contributed by atoms with Crippen LogP contribution in [0.3, 0.4) is 0 Å². The van der Waals surface area contributed by atoms with E-state index in [2.05, 4.69) is 22.8 Å². The average Bonchev–Trinajstić information content (AvgIpc) is 2.56. The maximum atomic E-state index is 5.92. The smallest absolute Gasteiger partial charge is 0.0939 e. The van der Waals surface area contributed by atoms with Crippen molar-refractivity contribution in [2.75, 3.05) is 24.3 Å². The first-order valence-corrected chi connectivity index (χ1v) is 4.68. The van der Waals surface area contributed by atoms with Crippen molar-refractivity contribution >= 4 is 11.4 Å². The van der Waals surface area contributed by atoms with Crippen LogP contribution in [0, 0.1) is 6.92 Å². The van der Waals surface area contributed by atoms with Gasteiger partial charge >= 0.3 is 0 Å². The van der Waals surface area contributed by atoms with Crippen molar-refractivity contribution in [3.63, 3.8) is 0 Å². The van der Waals surface area contributed by atoms with E-state index in [1.54, 1.807) is 0 Å². The first kappa shape index (κ1) is 8.94. The number of nitrogens with zero attached hydrogens (tertiary/aromatic N) is 2. The summed E-state index contributed by atoms with van der Waals surface area (Å²) >= 11 is 0. The molecular weight excluding hydrogens is 174 g/mol. The highest BCUT2D eigenvalue weighted by Gasteiger charge is 2.12. The molecule has 0 aliphatic carbocycles. The third kappa shape index (κ3) is 1.53. The fourth-order valence-electron chi connectivity index (χ4n) is 1.59. The minimum Gasteiger partial charge on any atom is -0.397 e. The van der Waals surface area contributed by atoms with E-state index in [0.717, 1.165) is 18.0 Å². The summed E-state index contributed by atoms with van der Waals surface area (Å²) in [5.41, 5.74) is 9.07. The molecule has 2 rings (SSSR count). The predicted octanol–water partition coefficient (Wildman–Crippen LogP) is 1.76. The zero-order chi connectivity index (χ0) is 10.1. The van der Waals surface area contributed by atoms with E-state index >= 15 is 0 Å². The van der Waals surface area contributed by atoms with Crippen LogP contribution in [0.25, 0.3) is 0 Å². The Morgan fingerprint density at radius 1 is 1.29 bits per heavy atom. The summed E-state index contributed by atoms with van der Waals surface area (Å²) in [6.45, 7) is 2.94. The molecule has 0 saturated carbocycles. The van der Waals surface area contributed by atoms with Crippen LogP contribution in [0.15, 0.2) is 30.6 Å².